The molecule has 0 spiro atoms. The molecule has 1 atom stereocenters. The number of fused-ring (bicyclic) bond motifs is 1. The van der Waals surface area contributed by atoms with Crippen LogP contribution in [-0.2, 0) is 12.8 Å². The molecule has 2 nitrogen and oxygen atoms in total. The monoisotopic (exact) mass is 265 g/mol. The van der Waals surface area contributed by atoms with Gasteiger partial charge in [0.15, 0.2) is 0 Å². The SMILES string of the molecule is CC(NCC1(CO)CC1)c1cc2c(s1)CCCC2. The van der Waals surface area contributed by atoms with Gasteiger partial charge in [0.2, 0.25) is 0 Å². The number of aryl methyl sites for hydroxylation is 2. The maximum absolute atomic E-state index is 9.34. The molecule has 1 fully saturated rings. The van der Waals surface area contributed by atoms with Crippen LogP contribution in [0.1, 0.15) is 54.0 Å². The third-order valence-electron chi connectivity index (χ3n) is 4.52. The van der Waals surface area contributed by atoms with Crippen LogP contribution >= 0.6 is 11.3 Å². The van der Waals surface area contributed by atoms with Crippen LogP contribution in [0.3, 0.4) is 0 Å². The van der Waals surface area contributed by atoms with Crippen LogP contribution in [0.2, 0.25) is 0 Å². The molecule has 2 aliphatic carbocycles. The normalized spacial score (nSPS) is 22.6. The molecule has 0 bridgehead atoms. The Labute approximate surface area is 113 Å². The summed E-state index contributed by atoms with van der Waals surface area (Å²) >= 11 is 2.00. The lowest BCUT2D eigenvalue weighted by Gasteiger charge is -2.17. The van der Waals surface area contributed by atoms with Crippen molar-refractivity contribution in [2.75, 3.05) is 13.2 Å². The van der Waals surface area contributed by atoms with E-state index in [2.05, 4.69) is 18.3 Å². The Morgan fingerprint density at radius 1 is 1.39 bits per heavy atom. The molecule has 0 amide bonds. The Kier molecular flexibility index (Phi) is 3.48. The van der Waals surface area contributed by atoms with Gasteiger partial charge < -0.3 is 10.4 Å². The maximum atomic E-state index is 9.34. The predicted octanol–water partition coefficient (Wildman–Crippen LogP) is 3.05. The predicted molar refractivity (Wildman–Crippen MR) is 76.1 cm³/mol. The zero-order valence-corrected chi connectivity index (χ0v) is 12.0. The van der Waals surface area contributed by atoms with Crippen molar-refractivity contribution in [3.63, 3.8) is 0 Å². The van der Waals surface area contributed by atoms with Gasteiger partial charge in [-0.25, -0.2) is 0 Å². The van der Waals surface area contributed by atoms with Crippen molar-refractivity contribution < 1.29 is 5.11 Å². The van der Waals surface area contributed by atoms with E-state index in [4.69, 9.17) is 0 Å². The molecule has 2 N–H and O–H groups in total. The fourth-order valence-corrected chi connectivity index (χ4v) is 4.05. The van der Waals surface area contributed by atoms with E-state index in [1.807, 2.05) is 11.3 Å². The second kappa shape index (κ2) is 4.95. The van der Waals surface area contributed by atoms with Crippen molar-refractivity contribution in [2.24, 2.45) is 5.41 Å². The molecule has 0 aliphatic heterocycles. The number of hydrogen-bond donors (Lipinski definition) is 2. The van der Waals surface area contributed by atoms with Crippen LogP contribution in [0, 0.1) is 5.41 Å². The molecule has 1 unspecified atom stereocenters. The van der Waals surface area contributed by atoms with Crippen molar-refractivity contribution in [2.45, 2.75) is 51.5 Å². The van der Waals surface area contributed by atoms with Crippen LogP contribution < -0.4 is 5.32 Å². The number of aliphatic hydroxyl groups is 1. The fraction of sp³-hybridized carbons (Fsp3) is 0.733. The van der Waals surface area contributed by atoms with Gasteiger partial charge in [-0.15, -0.1) is 11.3 Å². The van der Waals surface area contributed by atoms with Crippen LogP contribution in [0.25, 0.3) is 0 Å². The summed E-state index contributed by atoms with van der Waals surface area (Å²) in [6, 6.07) is 2.85. The number of nitrogens with one attached hydrogen (secondary N) is 1. The van der Waals surface area contributed by atoms with Crippen LogP contribution in [0.15, 0.2) is 6.07 Å². The van der Waals surface area contributed by atoms with Crippen LogP contribution in [0.5, 0.6) is 0 Å². The molecule has 2 aliphatic rings. The Balaban J connectivity index is 1.61. The Morgan fingerprint density at radius 3 is 2.83 bits per heavy atom. The van der Waals surface area contributed by atoms with E-state index in [-0.39, 0.29) is 5.41 Å². The molecule has 1 saturated carbocycles. The topological polar surface area (TPSA) is 32.3 Å². The molecule has 3 heteroatoms. The van der Waals surface area contributed by atoms with Gasteiger partial charge in [-0.05, 0) is 57.1 Å². The molecule has 100 valence electrons. The largest absolute Gasteiger partial charge is 0.396 e. The Hall–Kier alpha value is -0.380. The number of aliphatic hydroxyl groups excluding tert-OH is 1. The summed E-state index contributed by atoms with van der Waals surface area (Å²) < 4.78 is 0. The summed E-state index contributed by atoms with van der Waals surface area (Å²) in [5.74, 6) is 0. The quantitative estimate of drug-likeness (QED) is 0.857. The lowest BCUT2D eigenvalue weighted by Crippen LogP contribution is -2.28. The number of thiophene rings is 1. The minimum Gasteiger partial charge on any atom is -0.396 e. The van der Waals surface area contributed by atoms with E-state index >= 15 is 0 Å². The average molecular weight is 265 g/mol. The summed E-state index contributed by atoms with van der Waals surface area (Å²) in [5.41, 5.74) is 1.81. The average Bonchev–Trinajstić information content (AvgIpc) is 3.05. The molecule has 0 saturated heterocycles. The standard InChI is InChI=1S/C15H23NOS/c1-11(16-9-15(10-17)6-7-15)14-8-12-4-2-3-5-13(12)18-14/h8,11,16-17H,2-7,9-10H2,1H3. The van der Waals surface area contributed by atoms with Crippen LogP contribution in [0.4, 0.5) is 0 Å². The minimum absolute atomic E-state index is 0.213. The first-order valence-electron chi connectivity index (χ1n) is 7.18. The first-order valence-corrected chi connectivity index (χ1v) is 8.00. The highest BCUT2D eigenvalue weighted by Gasteiger charge is 2.41. The molecule has 0 aromatic carbocycles. The Morgan fingerprint density at radius 2 is 2.17 bits per heavy atom. The van der Waals surface area contributed by atoms with Gasteiger partial charge in [0.25, 0.3) is 0 Å². The second-order valence-electron chi connectivity index (χ2n) is 6.06. The molecule has 0 radical (unpaired) electrons. The van der Waals surface area contributed by atoms with Gasteiger partial charge in [-0.1, -0.05) is 0 Å². The van der Waals surface area contributed by atoms with Gasteiger partial charge in [0, 0.05) is 34.4 Å². The van der Waals surface area contributed by atoms with E-state index in [0.29, 0.717) is 12.6 Å². The zero-order valence-electron chi connectivity index (χ0n) is 11.2. The van der Waals surface area contributed by atoms with Crippen molar-refractivity contribution in [3.05, 3.63) is 21.4 Å². The van der Waals surface area contributed by atoms with E-state index in [1.54, 1.807) is 10.4 Å². The van der Waals surface area contributed by atoms with Gasteiger partial charge in [0.1, 0.15) is 0 Å². The molecule has 1 aromatic heterocycles. The van der Waals surface area contributed by atoms with E-state index in [0.717, 1.165) is 6.54 Å². The summed E-state index contributed by atoms with van der Waals surface area (Å²) in [5, 5.41) is 12.9. The molecular formula is C15H23NOS. The van der Waals surface area contributed by atoms with Gasteiger partial charge in [-0.3, -0.25) is 0 Å². The van der Waals surface area contributed by atoms with Gasteiger partial charge >= 0.3 is 0 Å². The summed E-state index contributed by atoms with van der Waals surface area (Å²) in [4.78, 5) is 3.10. The van der Waals surface area contributed by atoms with E-state index in [9.17, 15) is 5.11 Å². The van der Waals surface area contributed by atoms with Crippen molar-refractivity contribution >= 4 is 11.3 Å². The van der Waals surface area contributed by atoms with E-state index in [1.165, 1.54) is 43.4 Å². The Bertz CT molecular complexity index is 399. The smallest absolute Gasteiger partial charge is 0.0499 e. The summed E-state index contributed by atoms with van der Waals surface area (Å²) in [6.07, 6.45) is 7.65. The molecule has 18 heavy (non-hydrogen) atoms. The van der Waals surface area contributed by atoms with Crippen LogP contribution in [-0.4, -0.2) is 18.3 Å². The third kappa shape index (κ3) is 2.49. The highest BCUT2D eigenvalue weighted by Crippen LogP contribution is 2.44. The third-order valence-corrected chi connectivity index (χ3v) is 5.94. The maximum Gasteiger partial charge on any atom is 0.0499 e. The van der Waals surface area contributed by atoms with E-state index < -0.39 is 0 Å². The molecular weight excluding hydrogens is 242 g/mol. The number of rotatable bonds is 5. The number of hydrogen-bond acceptors (Lipinski definition) is 3. The lowest BCUT2D eigenvalue weighted by molar-refractivity contribution is 0.205. The minimum atomic E-state index is 0.213. The highest BCUT2D eigenvalue weighted by atomic mass is 32.1. The van der Waals surface area contributed by atoms with Crippen molar-refractivity contribution in [1.82, 2.24) is 5.32 Å². The second-order valence-corrected chi connectivity index (χ2v) is 7.23. The molecule has 3 rings (SSSR count). The summed E-state index contributed by atoms with van der Waals surface area (Å²) in [7, 11) is 0. The fourth-order valence-electron chi connectivity index (χ4n) is 2.76. The highest BCUT2D eigenvalue weighted by molar-refractivity contribution is 7.12. The van der Waals surface area contributed by atoms with Crippen molar-refractivity contribution in [1.29, 1.82) is 0 Å². The van der Waals surface area contributed by atoms with Crippen molar-refractivity contribution in [3.8, 4) is 0 Å². The van der Waals surface area contributed by atoms with Gasteiger partial charge in [0.05, 0.1) is 0 Å². The first-order chi connectivity index (χ1) is 8.72. The molecule has 1 heterocycles. The van der Waals surface area contributed by atoms with Gasteiger partial charge in [-0.2, -0.15) is 0 Å². The summed E-state index contributed by atoms with van der Waals surface area (Å²) in [6.45, 7) is 3.56. The zero-order chi connectivity index (χ0) is 12.6. The lowest BCUT2D eigenvalue weighted by atomic mass is 9.99. The first kappa shape index (κ1) is 12.6. The molecule has 1 aromatic rings.